The van der Waals surface area contributed by atoms with Gasteiger partial charge in [-0.15, -0.1) is 0 Å². The summed E-state index contributed by atoms with van der Waals surface area (Å²) in [4.78, 5) is 14.9. The van der Waals surface area contributed by atoms with E-state index >= 15 is 0 Å². The van der Waals surface area contributed by atoms with Crippen LogP contribution in [0.25, 0.3) is 11.4 Å². The molecule has 2 fully saturated rings. The van der Waals surface area contributed by atoms with Crippen LogP contribution in [0.2, 0.25) is 0 Å². The number of hydrogen-bond acceptors (Lipinski definition) is 8. The third-order valence-electron chi connectivity index (χ3n) is 7.45. The minimum Gasteiger partial charge on any atom is -0.379 e. The van der Waals surface area contributed by atoms with E-state index in [1.165, 1.54) is 18.5 Å². The molecule has 1 aromatic carbocycles. The largest absolute Gasteiger partial charge is 0.379 e. The first-order valence-corrected chi connectivity index (χ1v) is 13.3. The number of nitrogens with one attached hydrogen (secondary N) is 2. The van der Waals surface area contributed by atoms with Crippen molar-refractivity contribution in [3.05, 3.63) is 35.5 Å². The van der Waals surface area contributed by atoms with Crippen molar-refractivity contribution in [2.45, 2.75) is 51.4 Å². The summed E-state index contributed by atoms with van der Waals surface area (Å²) >= 11 is 0. The standard InChI is InChI=1S/C27H40N6O2/c1-20-17-25-24(19-35-20)27(29-10-4-11-32-13-15-34-16-14-32)31-26(30-25)21-6-8-23(9-7-21)33-12-3-5-22(18-33)28-2/h6-9,20,22,28H,3-5,10-19H2,1-2H3,(H,29,30,31)/t20?,22-/m0/s1. The summed E-state index contributed by atoms with van der Waals surface area (Å²) in [5, 5.41) is 7.04. The monoisotopic (exact) mass is 480 g/mol. The topological polar surface area (TPSA) is 74.8 Å². The molecule has 0 radical (unpaired) electrons. The van der Waals surface area contributed by atoms with E-state index in [0.717, 1.165) is 93.8 Å². The molecule has 3 aliphatic heterocycles. The third-order valence-corrected chi connectivity index (χ3v) is 7.45. The molecule has 190 valence electrons. The molecule has 2 atom stereocenters. The van der Waals surface area contributed by atoms with Gasteiger partial charge in [0.25, 0.3) is 0 Å². The predicted molar refractivity (Wildman–Crippen MR) is 140 cm³/mol. The Kier molecular flexibility index (Phi) is 8.13. The summed E-state index contributed by atoms with van der Waals surface area (Å²) in [5.41, 5.74) is 4.56. The molecule has 2 saturated heterocycles. The number of benzene rings is 1. The zero-order valence-electron chi connectivity index (χ0n) is 21.3. The van der Waals surface area contributed by atoms with Crippen molar-refractivity contribution < 1.29 is 9.47 Å². The van der Waals surface area contributed by atoms with Crippen LogP contribution in [0.3, 0.4) is 0 Å². The lowest BCUT2D eigenvalue weighted by atomic mass is 10.0. The molecule has 0 saturated carbocycles. The SMILES string of the molecule is CN[C@H]1CCCN(c2ccc(-c3nc4c(c(NCCCN5CCOCC5)n3)COC(C)C4)cc2)C1. The van der Waals surface area contributed by atoms with Crippen LogP contribution in [-0.4, -0.2) is 86.5 Å². The molecular formula is C27H40N6O2. The van der Waals surface area contributed by atoms with Crippen LogP contribution in [0.15, 0.2) is 24.3 Å². The Morgan fingerprint density at radius 2 is 1.91 bits per heavy atom. The van der Waals surface area contributed by atoms with E-state index in [9.17, 15) is 0 Å². The first kappa shape index (κ1) is 24.4. The molecule has 2 aromatic rings. The lowest BCUT2D eigenvalue weighted by Crippen LogP contribution is -2.44. The summed E-state index contributed by atoms with van der Waals surface area (Å²) in [6, 6.07) is 9.35. The molecule has 4 heterocycles. The van der Waals surface area contributed by atoms with Gasteiger partial charge in [0, 0.05) is 62.0 Å². The Labute approximate surface area is 209 Å². The molecule has 0 amide bonds. The van der Waals surface area contributed by atoms with Crippen molar-refractivity contribution in [2.75, 3.05) is 69.7 Å². The van der Waals surface area contributed by atoms with Gasteiger partial charge in [-0.3, -0.25) is 4.90 Å². The lowest BCUT2D eigenvalue weighted by Gasteiger charge is -2.34. The van der Waals surface area contributed by atoms with Gasteiger partial charge in [0.15, 0.2) is 5.82 Å². The van der Waals surface area contributed by atoms with Gasteiger partial charge >= 0.3 is 0 Å². The quantitative estimate of drug-likeness (QED) is 0.559. The van der Waals surface area contributed by atoms with Gasteiger partial charge < -0.3 is 25.0 Å². The highest BCUT2D eigenvalue weighted by Gasteiger charge is 2.23. The maximum Gasteiger partial charge on any atom is 0.161 e. The number of anilines is 2. The highest BCUT2D eigenvalue weighted by molar-refractivity contribution is 5.63. The Balaban J connectivity index is 1.29. The minimum atomic E-state index is 0.181. The highest BCUT2D eigenvalue weighted by Crippen LogP contribution is 2.29. The van der Waals surface area contributed by atoms with Crippen LogP contribution in [0, 0.1) is 0 Å². The molecule has 8 heteroatoms. The molecule has 2 N–H and O–H groups in total. The van der Waals surface area contributed by atoms with Crippen LogP contribution in [0.4, 0.5) is 11.5 Å². The van der Waals surface area contributed by atoms with Gasteiger partial charge in [0.2, 0.25) is 0 Å². The van der Waals surface area contributed by atoms with Gasteiger partial charge in [-0.25, -0.2) is 9.97 Å². The molecular weight excluding hydrogens is 440 g/mol. The summed E-state index contributed by atoms with van der Waals surface area (Å²) in [5.74, 6) is 1.72. The normalized spacial score (nSPS) is 23.2. The number of hydrogen-bond donors (Lipinski definition) is 2. The van der Waals surface area contributed by atoms with E-state index in [0.29, 0.717) is 12.6 Å². The van der Waals surface area contributed by atoms with Crippen LogP contribution >= 0.6 is 0 Å². The summed E-state index contributed by atoms with van der Waals surface area (Å²) in [6.07, 6.45) is 4.55. The number of nitrogens with zero attached hydrogens (tertiary/aromatic N) is 4. The first-order valence-electron chi connectivity index (χ1n) is 13.3. The van der Waals surface area contributed by atoms with E-state index in [1.807, 2.05) is 0 Å². The molecule has 5 rings (SSSR count). The molecule has 0 aliphatic carbocycles. The van der Waals surface area contributed by atoms with E-state index in [2.05, 4.69) is 58.7 Å². The Morgan fingerprint density at radius 1 is 1.09 bits per heavy atom. The zero-order chi connectivity index (χ0) is 24.0. The summed E-state index contributed by atoms with van der Waals surface area (Å²) in [7, 11) is 2.06. The van der Waals surface area contributed by atoms with Crippen molar-refractivity contribution in [2.24, 2.45) is 0 Å². The average molecular weight is 481 g/mol. The van der Waals surface area contributed by atoms with Gasteiger partial charge in [-0.2, -0.15) is 0 Å². The molecule has 0 spiro atoms. The van der Waals surface area contributed by atoms with Crippen molar-refractivity contribution in [1.82, 2.24) is 20.2 Å². The van der Waals surface area contributed by atoms with Gasteiger partial charge in [0.1, 0.15) is 5.82 Å². The highest BCUT2D eigenvalue weighted by atomic mass is 16.5. The molecule has 35 heavy (non-hydrogen) atoms. The van der Waals surface area contributed by atoms with E-state index in [-0.39, 0.29) is 6.10 Å². The van der Waals surface area contributed by atoms with E-state index in [1.54, 1.807) is 0 Å². The van der Waals surface area contributed by atoms with E-state index in [4.69, 9.17) is 19.4 Å². The Hall–Kier alpha value is -2.26. The van der Waals surface area contributed by atoms with Crippen molar-refractivity contribution >= 4 is 11.5 Å². The van der Waals surface area contributed by atoms with Gasteiger partial charge in [-0.05, 0) is 64.0 Å². The minimum absolute atomic E-state index is 0.181. The number of piperidine rings is 1. The number of likely N-dealkylation sites (N-methyl/N-ethyl adjacent to an activating group) is 1. The molecule has 3 aliphatic rings. The van der Waals surface area contributed by atoms with Crippen LogP contribution < -0.4 is 15.5 Å². The van der Waals surface area contributed by atoms with Crippen molar-refractivity contribution in [1.29, 1.82) is 0 Å². The molecule has 0 bridgehead atoms. The second-order valence-corrected chi connectivity index (χ2v) is 10.0. The van der Waals surface area contributed by atoms with E-state index < -0.39 is 0 Å². The fourth-order valence-electron chi connectivity index (χ4n) is 5.29. The van der Waals surface area contributed by atoms with Crippen LogP contribution in [-0.2, 0) is 22.5 Å². The summed E-state index contributed by atoms with van der Waals surface area (Å²) in [6.45, 7) is 10.6. The second kappa shape index (κ2) is 11.6. The maximum atomic E-state index is 5.94. The molecule has 1 aromatic heterocycles. The number of rotatable bonds is 8. The number of morpholine rings is 1. The number of fused-ring (bicyclic) bond motifs is 1. The predicted octanol–water partition coefficient (Wildman–Crippen LogP) is 2.93. The third kappa shape index (κ3) is 6.12. The van der Waals surface area contributed by atoms with Crippen LogP contribution in [0.5, 0.6) is 0 Å². The molecule has 8 nitrogen and oxygen atoms in total. The van der Waals surface area contributed by atoms with Crippen LogP contribution in [0.1, 0.15) is 37.4 Å². The van der Waals surface area contributed by atoms with Gasteiger partial charge in [0.05, 0.1) is 31.6 Å². The fraction of sp³-hybridized carbons (Fsp3) is 0.630. The first-order chi connectivity index (χ1) is 17.2. The Bertz CT molecular complexity index is 963. The average Bonchev–Trinajstić information content (AvgIpc) is 2.91. The lowest BCUT2D eigenvalue weighted by molar-refractivity contribution is 0.0377. The zero-order valence-corrected chi connectivity index (χ0v) is 21.3. The Morgan fingerprint density at radius 3 is 2.71 bits per heavy atom. The van der Waals surface area contributed by atoms with Gasteiger partial charge in [-0.1, -0.05) is 0 Å². The fourth-order valence-corrected chi connectivity index (χ4v) is 5.29. The number of aromatic nitrogens is 2. The smallest absolute Gasteiger partial charge is 0.161 e. The molecule has 1 unspecified atom stereocenters. The summed E-state index contributed by atoms with van der Waals surface area (Å²) < 4.78 is 11.4. The second-order valence-electron chi connectivity index (χ2n) is 10.0. The number of ether oxygens (including phenoxy) is 2. The van der Waals surface area contributed by atoms with Crippen molar-refractivity contribution in [3.8, 4) is 11.4 Å². The van der Waals surface area contributed by atoms with Crippen molar-refractivity contribution in [3.63, 3.8) is 0 Å². The maximum absolute atomic E-state index is 5.94.